The normalized spacial score (nSPS) is 20.3. The molecule has 1 N–H and O–H groups in total. The smallest absolute Gasteiger partial charge is 0.290 e. The van der Waals surface area contributed by atoms with Gasteiger partial charge in [0.05, 0.1) is 12.5 Å². The second-order valence-corrected chi connectivity index (χ2v) is 6.20. The Morgan fingerprint density at radius 2 is 2.17 bits per heavy atom. The van der Waals surface area contributed by atoms with E-state index in [9.17, 15) is 9.90 Å². The fourth-order valence-electron chi connectivity index (χ4n) is 3.27. The van der Waals surface area contributed by atoms with Crippen molar-refractivity contribution in [3.05, 3.63) is 47.8 Å². The van der Waals surface area contributed by atoms with Gasteiger partial charge in [-0.2, -0.15) is 0 Å². The van der Waals surface area contributed by atoms with E-state index < -0.39 is 6.10 Å². The minimum atomic E-state index is -0.693. The summed E-state index contributed by atoms with van der Waals surface area (Å²) in [5.41, 5.74) is 0.851. The molecule has 23 heavy (non-hydrogen) atoms. The van der Waals surface area contributed by atoms with Gasteiger partial charge < -0.3 is 18.8 Å². The van der Waals surface area contributed by atoms with Crippen molar-refractivity contribution in [1.82, 2.24) is 4.90 Å². The van der Waals surface area contributed by atoms with Gasteiger partial charge in [0, 0.05) is 24.6 Å². The molecule has 5 heteroatoms. The van der Waals surface area contributed by atoms with E-state index in [1.165, 1.54) is 0 Å². The van der Waals surface area contributed by atoms with E-state index in [4.69, 9.17) is 8.83 Å². The number of hydrogen-bond donors (Lipinski definition) is 1. The SMILES string of the molecule is Cc1ccoc1C(=O)N1CCCCC[C@H]1C[C@@H](O)c1ccco1. The first-order valence-electron chi connectivity index (χ1n) is 8.23. The number of rotatable bonds is 4. The molecule has 0 aromatic carbocycles. The molecule has 0 radical (unpaired) electrons. The highest BCUT2D eigenvalue weighted by Crippen LogP contribution is 2.28. The Morgan fingerprint density at radius 1 is 1.30 bits per heavy atom. The molecule has 1 aliphatic heterocycles. The Hall–Kier alpha value is -2.01. The van der Waals surface area contributed by atoms with Crippen LogP contribution in [-0.2, 0) is 0 Å². The number of carbonyl (C=O) groups excluding carboxylic acids is 1. The van der Waals surface area contributed by atoms with Crippen LogP contribution in [0.15, 0.2) is 39.6 Å². The number of hydrogen-bond acceptors (Lipinski definition) is 4. The van der Waals surface area contributed by atoms with E-state index >= 15 is 0 Å². The van der Waals surface area contributed by atoms with Crippen LogP contribution >= 0.6 is 0 Å². The maximum Gasteiger partial charge on any atom is 0.290 e. The molecule has 0 saturated carbocycles. The van der Waals surface area contributed by atoms with Gasteiger partial charge in [0.25, 0.3) is 5.91 Å². The summed E-state index contributed by atoms with van der Waals surface area (Å²) in [6.45, 7) is 2.58. The van der Waals surface area contributed by atoms with Crippen LogP contribution in [0, 0.1) is 6.92 Å². The molecule has 2 aromatic heterocycles. The number of carbonyl (C=O) groups is 1. The molecule has 1 fully saturated rings. The zero-order valence-electron chi connectivity index (χ0n) is 13.4. The third-order valence-electron chi connectivity index (χ3n) is 4.56. The van der Waals surface area contributed by atoms with Crippen molar-refractivity contribution in [1.29, 1.82) is 0 Å². The summed E-state index contributed by atoms with van der Waals surface area (Å²) in [6, 6.07) is 5.33. The second-order valence-electron chi connectivity index (χ2n) is 6.20. The van der Waals surface area contributed by atoms with Gasteiger partial charge in [-0.3, -0.25) is 4.79 Å². The lowest BCUT2D eigenvalue weighted by molar-refractivity contribution is 0.0528. The third kappa shape index (κ3) is 3.50. The van der Waals surface area contributed by atoms with Gasteiger partial charge in [-0.15, -0.1) is 0 Å². The van der Waals surface area contributed by atoms with E-state index in [1.54, 1.807) is 30.7 Å². The Kier molecular flexibility index (Phi) is 4.86. The lowest BCUT2D eigenvalue weighted by Crippen LogP contribution is -2.41. The lowest BCUT2D eigenvalue weighted by Gasteiger charge is -2.30. The molecule has 1 aliphatic rings. The van der Waals surface area contributed by atoms with Crippen LogP contribution in [-0.4, -0.2) is 28.5 Å². The monoisotopic (exact) mass is 317 g/mol. The summed E-state index contributed by atoms with van der Waals surface area (Å²) in [5.74, 6) is 0.881. The molecule has 0 bridgehead atoms. The van der Waals surface area contributed by atoms with Crippen LogP contribution in [0.5, 0.6) is 0 Å². The molecule has 2 aromatic rings. The van der Waals surface area contributed by atoms with Gasteiger partial charge in [-0.05, 0) is 38.0 Å². The zero-order valence-corrected chi connectivity index (χ0v) is 13.4. The molecule has 2 atom stereocenters. The topological polar surface area (TPSA) is 66.8 Å². The minimum absolute atomic E-state index is 0.00500. The first-order chi connectivity index (χ1) is 11.2. The van der Waals surface area contributed by atoms with Crippen LogP contribution < -0.4 is 0 Å². The molecular formula is C18H23NO4. The highest BCUT2D eigenvalue weighted by Gasteiger charge is 2.31. The Bertz CT molecular complexity index is 631. The Balaban J connectivity index is 1.77. The van der Waals surface area contributed by atoms with Gasteiger partial charge in [-0.1, -0.05) is 12.8 Å². The van der Waals surface area contributed by atoms with E-state index in [-0.39, 0.29) is 11.9 Å². The Labute approximate surface area is 135 Å². The summed E-state index contributed by atoms with van der Waals surface area (Å²) in [7, 11) is 0. The largest absolute Gasteiger partial charge is 0.467 e. The standard InChI is InChI=1S/C18H23NO4/c1-13-8-11-23-17(13)18(21)19-9-4-2-3-6-14(19)12-15(20)16-7-5-10-22-16/h5,7-8,10-11,14-15,20H,2-4,6,9,12H2,1H3/t14-,15+/m0/s1. The number of aryl methyl sites for hydroxylation is 1. The minimum Gasteiger partial charge on any atom is -0.467 e. The predicted molar refractivity (Wildman–Crippen MR) is 85.0 cm³/mol. The van der Waals surface area contributed by atoms with Crippen LogP contribution in [0.25, 0.3) is 0 Å². The van der Waals surface area contributed by atoms with Crippen LogP contribution in [0.3, 0.4) is 0 Å². The number of nitrogens with zero attached hydrogens (tertiary/aromatic N) is 1. The summed E-state index contributed by atoms with van der Waals surface area (Å²) in [5, 5.41) is 10.4. The van der Waals surface area contributed by atoms with Gasteiger partial charge in [0.15, 0.2) is 5.76 Å². The molecule has 3 rings (SSSR count). The molecule has 0 spiro atoms. The van der Waals surface area contributed by atoms with Crippen molar-refractivity contribution in [3.8, 4) is 0 Å². The van der Waals surface area contributed by atoms with E-state index in [0.717, 1.165) is 31.2 Å². The molecule has 124 valence electrons. The quantitative estimate of drug-likeness (QED) is 0.934. The number of aliphatic hydroxyl groups is 1. The summed E-state index contributed by atoms with van der Waals surface area (Å²) < 4.78 is 10.7. The summed E-state index contributed by atoms with van der Waals surface area (Å²) >= 11 is 0. The first-order valence-corrected chi connectivity index (χ1v) is 8.23. The summed E-state index contributed by atoms with van der Waals surface area (Å²) in [6.07, 6.45) is 6.95. The highest BCUT2D eigenvalue weighted by atomic mass is 16.4. The van der Waals surface area contributed by atoms with Crippen LogP contribution in [0.1, 0.15) is 60.1 Å². The second kappa shape index (κ2) is 7.04. The molecule has 0 aliphatic carbocycles. The third-order valence-corrected chi connectivity index (χ3v) is 4.56. The van der Waals surface area contributed by atoms with Gasteiger partial charge in [0.1, 0.15) is 11.9 Å². The van der Waals surface area contributed by atoms with Crippen molar-refractivity contribution >= 4 is 5.91 Å². The zero-order chi connectivity index (χ0) is 16.2. The van der Waals surface area contributed by atoms with Crippen molar-refractivity contribution in [2.45, 2.75) is 51.2 Å². The summed E-state index contributed by atoms with van der Waals surface area (Å²) in [4.78, 5) is 14.7. The number of amides is 1. The average Bonchev–Trinajstić information content (AvgIpc) is 3.16. The number of likely N-dealkylation sites (tertiary alicyclic amines) is 1. The van der Waals surface area contributed by atoms with E-state index in [1.807, 2.05) is 11.8 Å². The molecular weight excluding hydrogens is 294 g/mol. The van der Waals surface area contributed by atoms with Gasteiger partial charge >= 0.3 is 0 Å². The average molecular weight is 317 g/mol. The fraction of sp³-hybridized carbons (Fsp3) is 0.500. The van der Waals surface area contributed by atoms with Crippen molar-refractivity contribution in [3.63, 3.8) is 0 Å². The number of furan rings is 2. The number of aliphatic hydroxyl groups excluding tert-OH is 1. The van der Waals surface area contributed by atoms with Crippen molar-refractivity contribution < 1.29 is 18.7 Å². The van der Waals surface area contributed by atoms with Crippen LogP contribution in [0.2, 0.25) is 0 Å². The van der Waals surface area contributed by atoms with Gasteiger partial charge in [-0.25, -0.2) is 0 Å². The molecule has 5 nitrogen and oxygen atoms in total. The molecule has 1 saturated heterocycles. The maximum absolute atomic E-state index is 12.8. The highest BCUT2D eigenvalue weighted by molar-refractivity contribution is 5.93. The lowest BCUT2D eigenvalue weighted by atomic mass is 10.0. The molecule has 3 heterocycles. The first kappa shape index (κ1) is 15.9. The van der Waals surface area contributed by atoms with Gasteiger partial charge in [0.2, 0.25) is 0 Å². The Morgan fingerprint density at radius 3 is 2.87 bits per heavy atom. The van der Waals surface area contributed by atoms with Crippen molar-refractivity contribution in [2.24, 2.45) is 0 Å². The van der Waals surface area contributed by atoms with Crippen molar-refractivity contribution in [2.75, 3.05) is 6.54 Å². The van der Waals surface area contributed by atoms with Crippen LogP contribution in [0.4, 0.5) is 0 Å². The molecule has 0 unspecified atom stereocenters. The molecule has 1 amide bonds. The van der Waals surface area contributed by atoms with E-state index in [2.05, 4.69) is 0 Å². The van der Waals surface area contributed by atoms with E-state index in [0.29, 0.717) is 24.5 Å². The fourth-order valence-corrected chi connectivity index (χ4v) is 3.27. The maximum atomic E-state index is 12.8. The predicted octanol–water partition coefficient (Wildman–Crippen LogP) is 3.69.